The van der Waals surface area contributed by atoms with Crippen LogP contribution in [0.25, 0.3) is 16.6 Å². The van der Waals surface area contributed by atoms with Crippen LogP contribution >= 0.6 is 11.8 Å². The average Bonchev–Trinajstić information content (AvgIpc) is 2.93. The van der Waals surface area contributed by atoms with E-state index in [9.17, 15) is 18.8 Å². The minimum absolute atomic E-state index is 0.173. The molecule has 9 heteroatoms. The summed E-state index contributed by atoms with van der Waals surface area (Å²) < 4.78 is 15.1. The largest absolute Gasteiger partial charge is 0.369 e. The quantitative estimate of drug-likeness (QED) is 0.293. The van der Waals surface area contributed by atoms with E-state index in [4.69, 9.17) is 10.7 Å². The normalized spacial score (nSPS) is 14.1. The number of aryl methyl sites for hydroxylation is 1. The zero-order chi connectivity index (χ0) is 26.8. The van der Waals surface area contributed by atoms with Gasteiger partial charge in [-0.2, -0.15) is 0 Å². The third-order valence-electron chi connectivity index (χ3n) is 6.84. The van der Waals surface area contributed by atoms with Crippen molar-refractivity contribution in [3.63, 3.8) is 0 Å². The van der Waals surface area contributed by atoms with Gasteiger partial charge in [0, 0.05) is 30.3 Å². The topological polar surface area (TPSA) is 98.3 Å². The number of hydrogen-bond acceptors (Lipinski definition) is 5. The van der Waals surface area contributed by atoms with E-state index >= 15 is 0 Å². The summed E-state index contributed by atoms with van der Waals surface area (Å²) in [6.07, 6.45) is 1.07. The lowest BCUT2D eigenvalue weighted by Gasteiger charge is -2.30. The highest BCUT2D eigenvalue weighted by Crippen LogP contribution is 2.26. The van der Waals surface area contributed by atoms with E-state index in [0.717, 1.165) is 11.1 Å². The summed E-state index contributed by atoms with van der Waals surface area (Å²) in [5, 5.41) is 0.805. The van der Waals surface area contributed by atoms with Gasteiger partial charge in [0.15, 0.2) is 5.16 Å². The highest BCUT2D eigenvalue weighted by atomic mass is 32.2. The lowest BCUT2D eigenvalue weighted by atomic mass is 9.96. The van der Waals surface area contributed by atoms with Crippen molar-refractivity contribution >= 4 is 34.5 Å². The number of benzene rings is 3. The minimum atomic E-state index is -0.396. The number of carbonyl (C=O) groups excluding carboxylic acids is 2. The van der Waals surface area contributed by atoms with Crippen LogP contribution in [0.3, 0.4) is 0 Å². The van der Waals surface area contributed by atoms with Crippen LogP contribution < -0.4 is 11.3 Å². The van der Waals surface area contributed by atoms with Crippen molar-refractivity contribution in [3.8, 4) is 5.69 Å². The van der Waals surface area contributed by atoms with Crippen LogP contribution in [0.15, 0.2) is 76.7 Å². The second-order valence-electron chi connectivity index (χ2n) is 9.49. The zero-order valence-electron chi connectivity index (χ0n) is 20.9. The van der Waals surface area contributed by atoms with Crippen molar-refractivity contribution in [1.82, 2.24) is 14.5 Å². The molecule has 38 heavy (non-hydrogen) atoms. The molecule has 0 unspecified atom stereocenters. The van der Waals surface area contributed by atoms with Gasteiger partial charge < -0.3 is 10.6 Å². The van der Waals surface area contributed by atoms with Crippen LogP contribution in [0, 0.1) is 18.7 Å². The number of aromatic nitrogens is 2. The second-order valence-corrected chi connectivity index (χ2v) is 10.4. The third kappa shape index (κ3) is 5.33. The van der Waals surface area contributed by atoms with Crippen molar-refractivity contribution < 1.29 is 14.0 Å². The number of nitrogens with zero attached hydrogens (tertiary/aromatic N) is 3. The van der Waals surface area contributed by atoms with Crippen LogP contribution in [0.2, 0.25) is 0 Å². The molecule has 4 aromatic rings. The number of carbonyl (C=O) groups is 2. The van der Waals surface area contributed by atoms with E-state index in [0.29, 0.717) is 59.0 Å². The highest BCUT2D eigenvalue weighted by Gasteiger charge is 2.27. The van der Waals surface area contributed by atoms with E-state index < -0.39 is 5.82 Å². The molecular formula is C29H27FN4O3S. The first-order valence-corrected chi connectivity index (χ1v) is 13.4. The van der Waals surface area contributed by atoms with Crippen LogP contribution in [-0.4, -0.2) is 39.4 Å². The number of halogens is 1. The molecular weight excluding hydrogens is 503 g/mol. The number of rotatable bonds is 6. The van der Waals surface area contributed by atoms with Crippen LogP contribution in [-0.2, 0) is 10.5 Å². The van der Waals surface area contributed by atoms with E-state index in [1.807, 2.05) is 31.2 Å². The number of thioether (sulfide) groups is 1. The van der Waals surface area contributed by atoms with Crippen molar-refractivity contribution in [1.29, 1.82) is 0 Å². The Bertz CT molecular complexity index is 1560. The molecule has 2 N–H and O–H groups in total. The maximum atomic E-state index is 13.7. The molecule has 2 amide bonds. The lowest BCUT2D eigenvalue weighted by molar-refractivity contribution is -0.123. The van der Waals surface area contributed by atoms with Crippen molar-refractivity contribution in [2.45, 2.75) is 30.7 Å². The molecule has 1 aromatic heterocycles. The molecule has 0 atom stereocenters. The minimum Gasteiger partial charge on any atom is -0.369 e. The average molecular weight is 531 g/mol. The number of nitrogens with two attached hydrogens (primary N) is 1. The summed E-state index contributed by atoms with van der Waals surface area (Å²) in [5.74, 6) is -0.539. The summed E-state index contributed by atoms with van der Waals surface area (Å²) in [6, 6.07) is 18.7. The third-order valence-corrected chi connectivity index (χ3v) is 7.85. The number of likely N-dealkylation sites (tertiary alicyclic amines) is 1. The number of primary amides is 1. The lowest BCUT2D eigenvalue weighted by Crippen LogP contribution is -2.41. The summed E-state index contributed by atoms with van der Waals surface area (Å²) >= 11 is 1.40. The SMILES string of the molecule is Cc1ccc(CSc2nc3cc(C(=O)N4CCC(C(N)=O)CC4)ccc3c(=O)n2-c2ccc(F)cc2)cc1. The molecule has 0 aliphatic carbocycles. The standard InChI is InChI=1S/C29H27FN4O3S/c1-18-2-4-19(5-3-18)17-38-29-32-25-16-21(27(36)33-14-12-20(13-15-33)26(31)35)6-11-24(25)28(37)34(29)23-9-7-22(30)8-10-23/h2-11,16,20H,12-15,17H2,1H3,(H2,31,35). The maximum absolute atomic E-state index is 13.7. The number of amides is 2. The van der Waals surface area contributed by atoms with Gasteiger partial charge in [-0.1, -0.05) is 41.6 Å². The zero-order valence-corrected chi connectivity index (χ0v) is 21.7. The molecule has 5 rings (SSSR count). The van der Waals surface area contributed by atoms with Gasteiger partial charge in [-0.25, -0.2) is 9.37 Å². The Labute approximate surface area is 223 Å². The van der Waals surface area contributed by atoms with Crippen LogP contribution in [0.4, 0.5) is 4.39 Å². The number of piperidine rings is 1. The van der Waals surface area contributed by atoms with E-state index in [-0.39, 0.29) is 23.3 Å². The Morgan fingerprint density at radius 2 is 1.71 bits per heavy atom. The summed E-state index contributed by atoms with van der Waals surface area (Å²) in [7, 11) is 0. The Morgan fingerprint density at radius 3 is 2.37 bits per heavy atom. The van der Waals surface area contributed by atoms with Crippen molar-refractivity contribution in [3.05, 3.63) is 99.6 Å². The maximum Gasteiger partial charge on any atom is 0.266 e. The molecule has 0 bridgehead atoms. The van der Waals surface area contributed by atoms with Gasteiger partial charge >= 0.3 is 0 Å². The molecule has 3 aromatic carbocycles. The summed E-state index contributed by atoms with van der Waals surface area (Å²) in [6.45, 7) is 2.91. The number of fused-ring (bicyclic) bond motifs is 1. The molecule has 1 saturated heterocycles. The molecule has 1 fully saturated rings. The first-order chi connectivity index (χ1) is 18.3. The van der Waals surface area contributed by atoms with Gasteiger partial charge in [0.2, 0.25) is 5.91 Å². The molecule has 0 radical (unpaired) electrons. The smallest absolute Gasteiger partial charge is 0.266 e. The fourth-order valence-electron chi connectivity index (χ4n) is 4.59. The molecule has 0 saturated carbocycles. The Kier molecular flexibility index (Phi) is 7.28. The molecule has 2 heterocycles. The molecule has 1 aliphatic rings. The number of hydrogen-bond donors (Lipinski definition) is 1. The van der Waals surface area contributed by atoms with Crippen molar-refractivity contribution in [2.24, 2.45) is 11.7 Å². The van der Waals surface area contributed by atoms with Crippen LogP contribution in [0.5, 0.6) is 0 Å². The van der Waals surface area contributed by atoms with E-state index in [1.165, 1.54) is 28.5 Å². The molecule has 7 nitrogen and oxygen atoms in total. The van der Waals surface area contributed by atoms with Crippen LogP contribution in [0.1, 0.15) is 34.3 Å². The van der Waals surface area contributed by atoms with Gasteiger partial charge in [-0.3, -0.25) is 19.0 Å². The van der Waals surface area contributed by atoms with Crippen molar-refractivity contribution in [2.75, 3.05) is 13.1 Å². The molecule has 1 aliphatic heterocycles. The highest BCUT2D eigenvalue weighted by molar-refractivity contribution is 7.98. The first kappa shape index (κ1) is 25.7. The monoisotopic (exact) mass is 530 g/mol. The fourth-order valence-corrected chi connectivity index (χ4v) is 5.56. The predicted octanol–water partition coefficient (Wildman–Crippen LogP) is 4.46. The first-order valence-electron chi connectivity index (χ1n) is 12.4. The molecule has 0 spiro atoms. The van der Waals surface area contributed by atoms with Gasteiger partial charge in [-0.05, 0) is 67.8 Å². The Hall–Kier alpha value is -3.98. The van der Waals surface area contributed by atoms with Gasteiger partial charge in [-0.15, -0.1) is 0 Å². The Balaban J connectivity index is 1.51. The Morgan fingerprint density at radius 1 is 1.03 bits per heavy atom. The predicted molar refractivity (Wildman–Crippen MR) is 146 cm³/mol. The molecule has 194 valence electrons. The van der Waals surface area contributed by atoms with Gasteiger partial charge in [0.05, 0.1) is 16.6 Å². The van der Waals surface area contributed by atoms with Gasteiger partial charge in [0.1, 0.15) is 5.82 Å². The van der Waals surface area contributed by atoms with E-state index in [2.05, 4.69) is 0 Å². The van der Waals surface area contributed by atoms with Gasteiger partial charge in [0.25, 0.3) is 11.5 Å². The fraction of sp³-hybridized carbons (Fsp3) is 0.241. The second kappa shape index (κ2) is 10.8. The van der Waals surface area contributed by atoms with E-state index in [1.54, 1.807) is 35.2 Å². The summed E-state index contributed by atoms with van der Waals surface area (Å²) in [5.41, 5.74) is 8.70. The summed E-state index contributed by atoms with van der Waals surface area (Å²) in [4.78, 5) is 44.8.